The van der Waals surface area contributed by atoms with Crippen LogP contribution in [0, 0.1) is 11.8 Å². The van der Waals surface area contributed by atoms with E-state index in [9.17, 15) is 8.42 Å². The van der Waals surface area contributed by atoms with E-state index in [1.54, 1.807) is 48.7 Å². The van der Waals surface area contributed by atoms with Crippen LogP contribution in [0.2, 0.25) is 0 Å². The molecule has 1 heterocycles. The quantitative estimate of drug-likeness (QED) is 0.502. The maximum absolute atomic E-state index is 12.9. The second kappa shape index (κ2) is 6.55. The van der Waals surface area contributed by atoms with Crippen LogP contribution in [0.1, 0.15) is 11.1 Å². The van der Waals surface area contributed by atoms with Gasteiger partial charge in [-0.05, 0) is 42.5 Å². The third-order valence-electron chi connectivity index (χ3n) is 4.11. The van der Waals surface area contributed by atoms with Crippen molar-refractivity contribution in [2.75, 3.05) is 0 Å². The van der Waals surface area contributed by atoms with Crippen molar-refractivity contribution in [3.63, 3.8) is 0 Å². The monoisotopic (exact) mass is 357 g/mol. The van der Waals surface area contributed by atoms with Crippen molar-refractivity contribution >= 4 is 20.9 Å². The smallest absolute Gasteiger partial charge is 0.241 e. The predicted octanol–water partition coefficient (Wildman–Crippen LogP) is 4.28. The van der Waals surface area contributed by atoms with Crippen molar-refractivity contribution < 1.29 is 8.42 Å². The standard InChI is InChI=1S/C22H15NO2S/c24-26(25,20-11-5-2-6-12-20)23-17-16-21-19(10-7-13-22(21)23)15-14-18-8-3-1-4-9-18/h1-13,16-17H. The first kappa shape index (κ1) is 16.2. The molecule has 3 nitrogen and oxygen atoms in total. The summed E-state index contributed by atoms with van der Waals surface area (Å²) < 4.78 is 27.2. The molecule has 0 amide bonds. The first-order chi connectivity index (χ1) is 12.7. The molecule has 126 valence electrons. The van der Waals surface area contributed by atoms with Crippen molar-refractivity contribution in [2.24, 2.45) is 0 Å². The first-order valence-electron chi connectivity index (χ1n) is 8.14. The molecule has 3 aromatic carbocycles. The van der Waals surface area contributed by atoms with Gasteiger partial charge in [-0.1, -0.05) is 54.3 Å². The van der Waals surface area contributed by atoms with Crippen molar-refractivity contribution in [1.82, 2.24) is 3.97 Å². The highest BCUT2D eigenvalue weighted by Gasteiger charge is 2.18. The third kappa shape index (κ3) is 2.90. The molecule has 0 radical (unpaired) electrons. The summed E-state index contributed by atoms with van der Waals surface area (Å²) in [6.45, 7) is 0. The molecule has 1 aromatic heterocycles. The highest BCUT2D eigenvalue weighted by atomic mass is 32.2. The largest absolute Gasteiger partial charge is 0.268 e. The molecule has 4 aromatic rings. The van der Waals surface area contributed by atoms with Crippen molar-refractivity contribution in [2.45, 2.75) is 4.90 Å². The van der Waals surface area contributed by atoms with Crippen LogP contribution in [0.25, 0.3) is 10.9 Å². The normalized spacial score (nSPS) is 11.1. The number of rotatable bonds is 2. The fourth-order valence-corrected chi connectivity index (χ4v) is 4.20. The number of hydrogen-bond acceptors (Lipinski definition) is 2. The van der Waals surface area contributed by atoms with Gasteiger partial charge in [0.1, 0.15) is 0 Å². The Bertz CT molecular complexity index is 1230. The van der Waals surface area contributed by atoms with Crippen LogP contribution in [-0.4, -0.2) is 12.4 Å². The number of fused-ring (bicyclic) bond motifs is 1. The van der Waals surface area contributed by atoms with Crippen LogP contribution < -0.4 is 0 Å². The molecule has 0 aliphatic rings. The first-order valence-corrected chi connectivity index (χ1v) is 9.58. The Kier molecular flexibility index (Phi) is 4.08. The number of benzene rings is 3. The van der Waals surface area contributed by atoms with Gasteiger partial charge in [-0.2, -0.15) is 0 Å². The van der Waals surface area contributed by atoms with Crippen molar-refractivity contribution in [3.05, 3.63) is 102 Å². The van der Waals surface area contributed by atoms with E-state index in [0.29, 0.717) is 5.52 Å². The Labute approximate surface area is 152 Å². The molecule has 0 saturated carbocycles. The minimum absolute atomic E-state index is 0.262. The van der Waals surface area contributed by atoms with Crippen LogP contribution >= 0.6 is 0 Å². The predicted molar refractivity (Wildman–Crippen MR) is 103 cm³/mol. The molecule has 26 heavy (non-hydrogen) atoms. The lowest BCUT2D eigenvalue weighted by Gasteiger charge is -2.07. The van der Waals surface area contributed by atoms with E-state index < -0.39 is 10.0 Å². The van der Waals surface area contributed by atoms with Crippen LogP contribution in [0.4, 0.5) is 0 Å². The Morgan fingerprint density at radius 1 is 0.692 bits per heavy atom. The average molecular weight is 357 g/mol. The molecule has 4 rings (SSSR count). The lowest BCUT2D eigenvalue weighted by atomic mass is 10.1. The molecule has 0 unspecified atom stereocenters. The topological polar surface area (TPSA) is 39.1 Å². The van der Waals surface area contributed by atoms with E-state index in [1.807, 2.05) is 42.5 Å². The van der Waals surface area contributed by atoms with Gasteiger partial charge < -0.3 is 0 Å². The minimum atomic E-state index is -3.64. The van der Waals surface area contributed by atoms with E-state index in [1.165, 1.54) is 3.97 Å². The highest BCUT2D eigenvalue weighted by molar-refractivity contribution is 7.90. The minimum Gasteiger partial charge on any atom is -0.241 e. The molecule has 0 saturated heterocycles. The van der Waals surface area contributed by atoms with Gasteiger partial charge in [0, 0.05) is 22.7 Å². The zero-order valence-electron chi connectivity index (χ0n) is 13.8. The summed E-state index contributed by atoms with van der Waals surface area (Å²) in [5, 5.41) is 0.815. The fraction of sp³-hybridized carbons (Fsp3) is 0. The van der Waals surface area contributed by atoms with Crippen molar-refractivity contribution in [3.8, 4) is 11.8 Å². The lowest BCUT2D eigenvalue weighted by molar-refractivity contribution is 0.589. The maximum atomic E-state index is 12.9. The molecule has 0 N–H and O–H groups in total. The van der Waals surface area contributed by atoms with Crippen LogP contribution in [0.5, 0.6) is 0 Å². The van der Waals surface area contributed by atoms with Crippen LogP contribution in [0.15, 0.2) is 96.0 Å². The maximum Gasteiger partial charge on any atom is 0.268 e. The Morgan fingerprint density at radius 3 is 2.12 bits per heavy atom. The lowest BCUT2D eigenvalue weighted by Crippen LogP contribution is -2.11. The molecular weight excluding hydrogens is 342 g/mol. The van der Waals surface area contributed by atoms with Crippen LogP contribution in [-0.2, 0) is 10.0 Å². The third-order valence-corrected chi connectivity index (χ3v) is 5.82. The number of hydrogen-bond donors (Lipinski definition) is 0. The van der Waals surface area contributed by atoms with Crippen molar-refractivity contribution in [1.29, 1.82) is 0 Å². The Hall–Kier alpha value is -3.29. The average Bonchev–Trinajstić information content (AvgIpc) is 3.13. The van der Waals surface area contributed by atoms with Gasteiger partial charge in [-0.25, -0.2) is 12.4 Å². The van der Waals surface area contributed by atoms with Gasteiger partial charge in [0.05, 0.1) is 10.4 Å². The zero-order chi connectivity index (χ0) is 18.0. The van der Waals surface area contributed by atoms with Gasteiger partial charge in [0.15, 0.2) is 0 Å². The second-order valence-electron chi connectivity index (χ2n) is 5.78. The van der Waals surface area contributed by atoms with Gasteiger partial charge >= 0.3 is 0 Å². The van der Waals surface area contributed by atoms with Gasteiger partial charge in [0.2, 0.25) is 0 Å². The van der Waals surface area contributed by atoms with Gasteiger partial charge in [-0.3, -0.25) is 0 Å². The highest BCUT2D eigenvalue weighted by Crippen LogP contribution is 2.24. The summed E-state index contributed by atoms with van der Waals surface area (Å²) in [7, 11) is -3.64. The Balaban J connectivity index is 1.83. The molecule has 0 spiro atoms. The molecule has 4 heteroatoms. The molecule has 0 atom stereocenters. The second-order valence-corrected chi connectivity index (χ2v) is 7.60. The summed E-state index contributed by atoms with van der Waals surface area (Å²) in [6, 6.07) is 25.5. The van der Waals surface area contributed by atoms with E-state index in [0.717, 1.165) is 16.5 Å². The summed E-state index contributed by atoms with van der Waals surface area (Å²) >= 11 is 0. The summed E-state index contributed by atoms with van der Waals surface area (Å²) in [6.07, 6.45) is 1.58. The molecule has 0 aliphatic carbocycles. The molecule has 0 aliphatic heterocycles. The summed E-state index contributed by atoms with van der Waals surface area (Å²) in [5.41, 5.74) is 2.34. The van der Waals surface area contributed by atoms with E-state index in [4.69, 9.17) is 0 Å². The molecule has 0 fully saturated rings. The van der Waals surface area contributed by atoms with Crippen LogP contribution in [0.3, 0.4) is 0 Å². The fourth-order valence-electron chi connectivity index (χ4n) is 2.83. The van der Waals surface area contributed by atoms with E-state index in [2.05, 4.69) is 11.8 Å². The van der Waals surface area contributed by atoms with Gasteiger partial charge in [-0.15, -0.1) is 0 Å². The number of nitrogens with zero attached hydrogens (tertiary/aromatic N) is 1. The molecule has 0 bridgehead atoms. The molecular formula is C22H15NO2S. The summed E-state index contributed by atoms with van der Waals surface area (Å²) in [4.78, 5) is 0.262. The zero-order valence-corrected chi connectivity index (χ0v) is 14.6. The van der Waals surface area contributed by atoms with E-state index in [-0.39, 0.29) is 4.90 Å². The SMILES string of the molecule is O=S(=O)(c1ccccc1)n1ccc2c(C#Cc3ccccc3)cccc21. The number of aromatic nitrogens is 1. The van der Waals surface area contributed by atoms with Gasteiger partial charge in [0.25, 0.3) is 10.0 Å². The Morgan fingerprint density at radius 2 is 1.38 bits per heavy atom. The summed E-state index contributed by atoms with van der Waals surface area (Å²) in [5.74, 6) is 6.27. The van der Waals surface area contributed by atoms with E-state index >= 15 is 0 Å².